The lowest BCUT2D eigenvalue weighted by molar-refractivity contribution is -0.0275. The Hall–Kier alpha value is -1.18. The number of ether oxygens (including phenoxy) is 1. The number of fused-ring (bicyclic) bond motifs is 1. The Kier molecular flexibility index (Phi) is 3.20. The van der Waals surface area contributed by atoms with E-state index in [-0.39, 0.29) is 18.9 Å². The Balaban J connectivity index is 2.05. The summed E-state index contributed by atoms with van der Waals surface area (Å²) in [7, 11) is 0. The van der Waals surface area contributed by atoms with E-state index in [2.05, 4.69) is 32.8 Å². The number of hydrogen-bond acceptors (Lipinski definition) is 5. The van der Waals surface area contributed by atoms with Crippen molar-refractivity contribution in [3.8, 4) is 0 Å². The molecule has 102 valence electrons. The molecular weight excluding hydrogens is 312 g/mol. The summed E-state index contributed by atoms with van der Waals surface area (Å²) in [6.07, 6.45) is 3.94. The van der Waals surface area contributed by atoms with E-state index in [1.165, 1.54) is 6.33 Å². The van der Waals surface area contributed by atoms with E-state index in [1.807, 2.05) is 10.8 Å². The fraction of sp³-hybridized carbons (Fsp3) is 0.500. The minimum absolute atomic E-state index is 0.0369. The molecule has 6 nitrogen and oxygen atoms in total. The first-order valence-corrected chi connectivity index (χ1v) is 6.94. The standard InChI is InChI=1S/C12H15BrN4O2/c1-6-2-9(19-8(6)4-18)17-3-7(13)10-11(14)15-5-16-12(10)17/h3,5-6,8-9,18H,2,4H2,1H3,(H2,14,15,16)/t6-,8+,9+/m0/s1. The van der Waals surface area contributed by atoms with Gasteiger partial charge in [-0.3, -0.25) is 0 Å². The number of nitrogens with zero attached hydrogens (tertiary/aromatic N) is 3. The van der Waals surface area contributed by atoms with Gasteiger partial charge in [0.05, 0.1) is 18.1 Å². The number of aromatic nitrogens is 3. The predicted octanol–water partition coefficient (Wildman–Crippen LogP) is 1.69. The van der Waals surface area contributed by atoms with Gasteiger partial charge in [0.2, 0.25) is 0 Å². The largest absolute Gasteiger partial charge is 0.394 e. The zero-order valence-electron chi connectivity index (χ0n) is 10.5. The number of hydrogen-bond donors (Lipinski definition) is 2. The van der Waals surface area contributed by atoms with Gasteiger partial charge in [0, 0.05) is 10.7 Å². The van der Waals surface area contributed by atoms with E-state index >= 15 is 0 Å². The fourth-order valence-corrected chi connectivity index (χ4v) is 3.15. The molecule has 0 spiro atoms. The Morgan fingerprint density at radius 2 is 2.37 bits per heavy atom. The molecule has 3 rings (SSSR count). The van der Waals surface area contributed by atoms with Crippen molar-refractivity contribution < 1.29 is 9.84 Å². The summed E-state index contributed by atoms with van der Waals surface area (Å²) in [6, 6.07) is 0. The molecule has 19 heavy (non-hydrogen) atoms. The number of rotatable bonds is 2. The quantitative estimate of drug-likeness (QED) is 0.877. The van der Waals surface area contributed by atoms with Crippen molar-refractivity contribution in [2.24, 2.45) is 5.92 Å². The molecule has 0 aromatic carbocycles. The van der Waals surface area contributed by atoms with E-state index in [0.29, 0.717) is 11.7 Å². The first kappa shape index (κ1) is 12.8. The zero-order valence-corrected chi connectivity index (χ0v) is 12.0. The van der Waals surface area contributed by atoms with Crippen LogP contribution in [0.4, 0.5) is 5.82 Å². The molecule has 0 saturated carbocycles. The van der Waals surface area contributed by atoms with Crippen LogP contribution in [-0.2, 0) is 4.74 Å². The maximum atomic E-state index is 9.27. The van der Waals surface area contributed by atoms with Crippen LogP contribution in [0.1, 0.15) is 19.6 Å². The predicted molar refractivity (Wildman–Crippen MR) is 74.4 cm³/mol. The number of halogens is 1. The fourth-order valence-electron chi connectivity index (χ4n) is 2.55. The SMILES string of the molecule is C[C@H]1C[C@H](n2cc(Br)c3c(N)ncnc32)O[C@@H]1CO. The third-order valence-corrected chi connectivity index (χ3v) is 4.22. The van der Waals surface area contributed by atoms with E-state index in [9.17, 15) is 5.11 Å². The van der Waals surface area contributed by atoms with Gasteiger partial charge in [-0.05, 0) is 28.3 Å². The highest BCUT2D eigenvalue weighted by atomic mass is 79.9. The summed E-state index contributed by atoms with van der Waals surface area (Å²) >= 11 is 3.48. The molecular formula is C12H15BrN4O2. The van der Waals surface area contributed by atoms with Gasteiger partial charge in [0.25, 0.3) is 0 Å². The van der Waals surface area contributed by atoms with Gasteiger partial charge in [-0.1, -0.05) is 6.92 Å². The molecule has 0 unspecified atom stereocenters. The Morgan fingerprint density at radius 1 is 1.58 bits per heavy atom. The highest BCUT2D eigenvalue weighted by Gasteiger charge is 2.33. The van der Waals surface area contributed by atoms with Crippen molar-refractivity contribution in [2.75, 3.05) is 12.3 Å². The highest BCUT2D eigenvalue weighted by Crippen LogP contribution is 2.37. The summed E-state index contributed by atoms with van der Waals surface area (Å²) in [5.41, 5.74) is 6.62. The smallest absolute Gasteiger partial charge is 0.148 e. The van der Waals surface area contributed by atoms with Crippen molar-refractivity contribution >= 4 is 32.8 Å². The average Bonchev–Trinajstić information content (AvgIpc) is 2.91. The van der Waals surface area contributed by atoms with Gasteiger partial charge in [-0.25, -0.2) is 9.97 Å². The number of anilines is 1. The topological polar surface area (TPSA) is 86.2 Å². The van der Waals surface area contributed by atoms with Crippen LogP contribution < -0.4 is 5.73 Å². The monoisotopic (exact) mass is 326 g/mol. The molecule has 0 radical (unpaired) electrons. The van der Waals surface area contributed by atoms with Crippen LogP contribution in [0.5, 0.6) is 0 Å². The second-order valence-electron chi connectivity index (χ2n) is 4.87. The second-order valence-corrected chi connectivity index (χ2v) is 5.72. The Morgan fingerprint density at radius 3 is 3.05 bits per heavy atom. The third-order valence-electron chi connectivity index (χ3n) is 3.62. The van der Waals surface area contributed by atoms with Crippen LogP contribution in [0.3, 0.4) is 0 Å². The first-order valence-electron chi connectivity index (χ1n) is 6.14. The molecule has 0 aliphatic carbocycles. The van der Waals surface area contributed by atoms with Crippen molar-refractivity contribution in [2.45, 2.75) is 25.7 Å². The van der Waals surface area contributed by atoms with E-state index < -0.39 is 0 Å². The number of aliphatic hydroxyl groups is 1. The molecule has 3 heterocycles. The zero-order chi connectivity index (χ0) is 13.6. The summed E-state index contributed by atoms with van der Waals surface area (Å²) in [4.78, 5) is 8.28. The maximum absolute atomic E-state index is 9.27. The average molecular weight is 327 g/mol. The molecule has 3 N–H and O–H groups in total. The maximum Gasteiger partial charge on any atom is 0.148 e. The van der Waals surface area contributed by atoms with Gasteiger partial charge in [0.15, 0.2) is 0 Å². The van der Waals surface area contributed by atoms with Gasteiger partial charge in [-0.15, -0.1) is 0 Å². The molecule has 7 heteroatoms. The highest BCUT2D eigenvalue weighted by molar-refractivity contribution is 9.10. The molecule has 0 bridgehead atoms. The van der Waals surface area contributed by atoms with Crippen LogP contribution in [0.2, 0.25) is 0 Å². The molecule has 1 aliphatic heterocycles. The Labute approximate surface area is 118 Å². The van der Waals surface area contributed by atoms with Crippen LogP contribution in [0.15, 0.2) is 17.0 Å². The molecule has 2 aromatic heterocycles. The summed E-state index contributed by atoms with van der Waals surface area (Å²) < 4.78 is 8.66. The molecule has 3 atom stereocenters. The lowest BCUT2D eigenvalue weighted by atomic mass is 10.0. The normalized spacial score (nSPS) is 27.2. The van der Waals surface area contributed by atoms with Gasteiger partial charge in [0.1, 0.15) is 24.0 Å². The lowest BCUT2D eigenvalue weighted by Gasteiger charge is -2.14. The summed E-state index contributed by atoms with van der Waals surface area (Å²) in [5, 5.41) is 10.1. The molecule has 2 aromatic rings. The lowest BCUT2D eigenvalue weighted by Crippen LogP contribution is -2.18. The van der Waals surface area contributed by atoms with Crippen molar-refractivity contribution in [1.82, 2.24) is 14.5 Å². The summed E-state index contributed by atoms with van der Waals surface area (Å²) in [5.74, 6) is 0.755. The van der Waals surface area contributed by atoms with E-state index in [1.54, 1.807) is 0 Å². The van der Waals surface area contributed by atoms with Gasteiger partial charge >= 0.3 is 0 Å². The van der Waals surface area contributed by atoms with Crippen LogP contribution in [-0.4, -0.2) is 32.4 Å². The van der Waals surface area contributed by atoms with Gasteiger partial charge in [-0.2, -0.15) is 0 Å². The first-order chi connectivity index (χ1) is 9.11. The second kappa shape index (κ2) is 4.73. The van der Waals surface area contributed by atoms with Gasteiger partial charge < -0.3 is 20.1 Å². The molecule has 1 fully saturated rings. The number of aliphatic hydroxyl groups excluding tert-OH is 1. The number of nitrogens with two attached hydrogens (primary N) is 1. The molecule has 0 amide bonds. The van der Waals surface area contributed by atoms with Crippen LogP contribution in [0, 0.1) is 5.92 Å². The summed E-state index contributed by atoms with van der Waals surface area (Å²) in [6.45, 7) is 2.11. The van der Waals surface area contributed by atoms with Crippen LogP contribution in [0.25, 0.3) is 11.0 Å². The van der Waals surface area contributed by atoms with Crippen molar-refractivity contribution in [3.63, 3.8) is 0 Å². The van der Waals surface area contributed by atoms with Crippen molar-refractivity contribution in [3.05, 3.63) is 17.0 Å². The third kappa shape index (κ3) is 2.01. The van der Waals surface area contributed by atoms with Crippen molar-refractivity contribution in [1.29, 1.82) is 0 Å². The van der Waals surface area contributed by atoms with E-state index in [0.717, 1.165) is 21.9 Å². The minimum atomic E-state index is -0.129. The number of nitrogen functional groups attached to an aromatic ring is 1. The molecule has 1 saturated heterocycles. The molecule has 1 aliphatic rings. The van der Waals surface area contributed by atoms with E-state index in [4.69, 9.17) is 10.5 Å². The minimum Gasteiger partial charge on any atom is -0.394 e. The Bertz CT molecular complexity index is 615. The van der Waals surface area contributed by atoms with Crippen LogP contribution >= 0.6 is 15.9 Å².